The van der Waals surface area contributed by atoms with Crippen molar-refractivity contribution >= 4 is 5.69 Å². The first-order chi connectivity index (χ1) is 10.2. The van der Waals surface area contributed by atoms with Crippen molar-refractivity contribution < 1.29 is 18.3 Å². The maximum Gasteiger partial charge on any atom is 0.416 e. The van der Waals surface area contributed by atoms with Gasteiger partial charge in [-0.2, -0.15) is 13.2 Å². The second-order valence-corrected chi connectivity index (χ2v) is 5.53. The highest BCUT2D eigenvalue weighted by Gasteiger charge is 2.30. The summed E-state index contributed by atoms with van der Waals surface area (Å²) in [5.41, 5.74) is 2.63. The van der Waals surface area contributed by atoms with E-state index in [1.54, 1.807) is 19.9 Å². The molecule has 0 aliphatic carbocycles. The van der Waals surface area contributed by atoms with Crippen LogP contribution in [0.2, 0.25) is 0 Å². The Kier molecular flexibility index (Phi) is 4.35. The number of phenols is 1. The average Bonchev–Trinajstić information content (AvgIpc) is 2.39. The fourth-order valence-corrected chi connectivity index (χ4v) is 2.43. The molecule has 0 saturated carbocycles. The normalized spacial score (nSPS) is 11.5. The highest BCUT2D eigenvalue weighted by Crippen LogP contribution is 2.32. The lowest BCUT2D eigenvalue weighted by Crippen LogP contribution is -2.07. The first-order valence-corrected chi connectivity index (χ1v) is 6.88. The van der Waals surface area contributed by atoms with Gasteiger partial charge in [-0.05, 0) is 50.1 Å². The maximum absolute atomic E-state index is 12.8. The quantitative estimate of drug-likeness (QED) is 0.841. The molecule has 0 heterocycles. The monoisotopic (exact) mass is 309 g/mol. The summed E-state index contributed by atoms with van der Waals surface area (Å²) in [5, 5.41) is 13.0. The first-order valence-electron chi connectivity index (χ1n) is 6.88. The Balaban J connectivity index is 2.24. The number of phenolic OH excluding ortho intramolecular Hbond substituents is 1. The molecule has 22 heavy (non-hydrogen) atoms. The van der Waals surface area contributed by atoms with Crippen LogP contribution in [0.1, 0.15) is 27.8 Å². The van der Waals surface area contributed by atoms with E-state index < -0.39 is 11.7 Å². The van der Waals surface area contributed by atoms with Gasteiger partial charge < -0.3 is 10.4 Å². The van der Waals surface area contributed by atoms with Gasteiger partial charge in [0.05, 0.1) is 5.56 Å². The summed E-state index contributed by atoms with van der Waals surface area (Å²) in [6.07, 6.45) is -4.37. The number of aromatic hydroxyl groups is 1. The summed E-state index contributed by atoms with van der Waals surface area (Å²) in [7, 11) is 0. The number of halogens is 3. The lowest BCUT2D eigenvalue weighted by atomic mass is 10.1. The Labute approximate surface area is 127 Å². The standard InChI is InChI=1S/C17H18F3NO/c1-10-4-12(3)16(22)13(5-10)9-21-15-7-11(2)6-14(8-15)17(18,19)20/h4-8,21-22H,9H2,1-3H3. The highest BCUT2D eigenvalue weighted by molar-refractivity contribution is 5.51. The minimum absolute atomic E-state index is 0.168. The Morgan fingerprint density at radius 1 is 0.955 bits per heavy atom. The molecule has 5 heteroatoms. The number of alkyl halides is 3. The van der Waals surface area contributed by atoms with Crippen LogP contribution in [-0.4, -0.2) is 5.11 Å². The highest BCUT2D eigenvalue weighted by atomic mass is 19.4. The first kappa shape index (κ1) is 16.2. The summed E-state index contributed by atoms with van der Waals surface area (Å²) in [5.74, 6) is 0.168. The van der Waals surface area contributed by atoms with E-state index in [-0.39, 0.29) is 12.3 Å². The molecule has 0 radical (unpaired) electrons. The summed E-state index contributed by atoms with van der Waals surface area (Å²) in [6.45, 7) is 5.58. The molecule has 2 rings (SSSR count). The summed E-state index contributed by atoms with van der Waals surface area (Å²) in [4.78, 5) is 0. The van der Waals surface area contributed by atoms with Crippen molar-refractivity contribution in [1.82, 2.24) is 0 Å². The number of hydrogen-bond acceptors (Lipinski definition) is 2. The molecule has 0 aliphatic heterocycles. The molecule has 0 bridgehead atoms. The van der Waals surface area contributed by atoms with E-state index >= 15 is 0 Å². The SMILES string of the molecule is Cc1cc(NCc2cc(C)cc(C)c2O)cc(C(F)(F)F)c1. The molecular weight excluding hydrogens is 291 g/mol. The summed E-state index contributed by atoms with van der Waals surface area (Å²) < 4.78 is 38.4. The van der Waals surface area contributed by atoms with Gasteiger partial charge in [0.1, 0.15) is 5.75 Å². The third-order valence-electron chi connectivity index (χ3n) is 3.41. The molecular formula is C17H18F3NO. The van der Waals surface area contributed by atoms with E-state index in [4.69, 9.17) is 0 Å². The molecule has 0 amide bonds. The zero-order valence-corrected chi connectivity index (χ0v) is 12.7. The van der Waals surface area contributed by atoms with Gasteiger partial charge in [0.15, 0.2) is 0 Å². The fourth-order valence-electron chi connectivity index (χ4n) is 2.43. The molecule has 2 aromatic rings. The Morgan fingerprint density at radius 2 is 1.59 bits per heavy atom. The Hall–Kier alpha value is -2.17. The average molecular weight is 309 g/mol. The Bertz CT molecular complexity index is 693. The molecule has 2 aromatic carbocycles. The molecule has 118 valence electrons. The molecule has 0 saturated heterocycles. The molecule has 0 atom stereocenters. The molecule has 0 unspecified atom stereocenters. The molecule has 0 aromatic heterocycles. The molecule has 0 fully saturated rings. The number of hydrogen-bond donors (Lipinski definition) is 2. The zero-order chi connectivity index (χ0) is 16.5. The molecule has 0 spiro atoms. The predicted octanol–water partition coefficient (Wildman–Crippen LogP) is 4.95. The van der Waals surface area contributed by atoms with Crippen LogP contribution in [-0.2, 0) is 12.7 Å². The lowest BCUT2D eigenvalue weighted by Gasteiger charge is -2.14. The van der Waals surface area contributed by atoms with Crippen LogP contribution in [0, 0.1) is 20.8 Å². The predicted molar refractivity (Wildman–Crippen MR) is 81.1 cm³/mol. The van der Waals surface area contributed by atoms with Crippen molar-refractivity contribution in [2.45, 2.75) is 33.5 Å². The van der Waals surface area contributed by atoms with Gasteiger partial charge in [-0.1, -0.05) is 17.7 Å². The molecule has 2 nitrogen and oxygen atoms in total. The van der Waals surface area contributed by atoms with E-state index in [0.29, 0.717) is 16.8 Å². The van der Waals surface area contributed by atoms with E-state index in [1.807, 2.05) is 19.1 Å². The second kappa shape index (κ2) is 5.91. The van der Waals surface area contributed by atoms with E-state index in [9.17, 15) is 18.3 Å². The number of rotatable bonds is 3. The van der Waals surface area contributed by atoms with Gasteiger partial charge in [0, 0.05) is 17.8 Å². The smallest absolute Gasteiger partial charge is 0.416 e. The van der Waals surface area contributed by atoms with Gasteiger partial charge >= 0.3 is 6.18 Å². The lowest BCUT2D eigenvalue weighted by molar-refractivity contribution is -0.137. The maximum atomic E-state index is 12.8. The minimum atomic E-state index is -4.37. The number of anilines is 1. The third-order valence-corrected chi connectivity index (χ3v) is 3.41. The van der Waals surface area contributed by atoms with Crippen LogP contribution < -0.4 is 5.32 Å². The molecule has 0 aliphatic rings. The Morgan fingerprint density at radius 3 is 2.23 bits per heavy atom. The van der Waals surface area contributed by atoms with E-state index in [0.717, 1.165) is 23.3 Å². The zero-order valence-electron chi connectivity index (χ0n) is 12.7. The number of aryl methyl sites for hydroxylation is 3. The molecule has 2 N–H and O–H groups in total. The minimum Gasteiger partial charge on any atom is -0.507 e. The van der Waals surface area contributed by atoms with E-state index in [2.05, 4.69) is 5.32 Å². The van der Waals surface area contributed by atoms with Crippen molar-refractivity contribution in [2.24, 2.45) is 0 Å². The van der Waals surface area contributed by atoms with Crippen molar-refractivity contribution in [3.63, 3.8) is 0 Å². The van der Waals surface area contributed by atoms with Gasteiger partial charge in [-0.25, -0.2) is 0 Å². The third kappa shape index (κ3) is 3.72. The number of nitrogens with one attached hydrogen (secondary N) is 1. The van der Waals surface area contributed by atoms with Crippen LogP contribution >= 0.6 is 0 Å². The fraction of sp³-hybridized carbons (Fsp3) is 0.294. The van der Waals surface area contributed by atoms with Crippen molar-refractivity contribution in [2.75, 3.05) is 5.32 Å². The number of benzene rings is 2. The topological polar surface area (TPSA) is 32.3 Å². The largest absolute Gasteiger partial charge is 0.507 e. The van der Waals surface area contributed by atoms with Crippen molar-refractivity contribution in [3.05, 3.63) is 58.1 Å². The van der Waals surface area contributed by atoms with E-state index in [1.165, 1.54) is 0 Å². The van der Waals surface area contributed by atoms with Gasteiger partial charge in [0.2, 0.25) is 0 Å². The van der Waals surface area contributed by atoms with Crippen LogP contribution in [0.15, 0.2) is 30.3 Å². The second-order valence-electron chi connectivity index (χ2n) is 5.53. The van der Waals surface area contributed by atoms with Crippen molar-refractivity contribution in [3.8, 4) is 5.75 Å². The van der Waals surface area contributed by atoms with Gasteiger partial charge in [-0.3, -0.25) is 0 Å². The van der Waals surface area contributed by atoms with Gasteiger partial charge in [-0.15, -0.1) is 0 Å². The summed E-state index contributed by atoms with van der Waals surface area (Å²) in [6, 6.07) is 7.50. The van der Waals surface area contributed by atoms with Crippen molar-refractivity contribution in [1.29, 1.82) is 0 Å². The van der Waals surface area contributed by atoms with Crippen LogP contribution in [0.5, 0.6) is 5.75 Å². The van der Waals surface area contributed by atoms with Crippen LogP contribution in [0.25, 0.3) is 0 Å². The van der Waals surface area contributed by atoms with Crippen LogP contribution in [0.4, 0.5) is 18.9 Å². The van der Waals surface area contributed by atoms with Gasteiger partial charge in [0.25, 0.3) is 0 Å². The van der Waals surface area contributed by atoms with Crippen LogP contribution in [0.3, 0.4) is 0 Å². The summed E-state index contributed by atoms with van der Waals surface area (Å²) >= 11 is 0.